The van der Waals surface area contributed by atoms with Crippen LogP contribution in [-0.2, 0) is 0 Å². The second-order valence-electron chi connectivity index (χ2n) is 5.88. The summed E-state index contributed by atoms with van der Waals surface area (Å²) in [4.78, 5) is 12.3. The van der Waals surface area contributed by atoms with Crippen molar-refractivity contribution in [2.24, 2.45) is 5.73 Å². The van der Waals surface area contributed by atoms with Crippen LogP contribution >= 0.6 is 0 Å². The number of nitrogens with zero attached hydrogens (tertiary/aromatic N) is 2. The van der Waals surface area contributed by atoms with Gasteiger partial charge in [-0.25, -0.2) is 0 Å². The van der Waals surface area contributed by atoms with E-state index in [1.54, 1.807) is 41.1 Å². The minimum Gasteiger partial charge on any atom is -0.483 e. The van der Waals surface area contributed by atoms with Gasteiger partial charge in [0.05, 0.1) is 17.3 Å². The number of fused-ring (bicyclic) bond motifs is 1. The molecule has 3 rings (SSSR count). The maximum Gasteiger partial charge on any atom is 0.255 e. The maximum absolute atomic E-state index is 12.3. The number of aromatic nitrogens is 1. The largest absolute Gasteiger partial charge is 0.483 e. The summed E-state index contributed by atoms with van der Waals surface area (Å²) in [6.45, 7) is 4.09. The van der Waals surface area contributed by atoms with Crippen molar-refractivity contribution in [3.63, 3.8) is 0 Å². The van der Waals surface area contributed by atoms with Gasteiger partial charge in [0.1, 0.15) is 11.4 Å². The molecule has 23 heavy (non-hydrogen) atoms. The summed E-state index contributed by atoms with van der Waals surface area (Å²) >= 11 is 0. The molecular weight excluding hydrogens is 290 g/mol. The molecule has 116 valence electrons. The molecule has 5 nitrogen and oxygen atoms in total. The van der Waals surface area contributed by atoms with Crippen LogP contribution in [0.15, 0.2) is 53.0 Å². The quantitative estimate of drug-likeness (QED) is 0.921. The van der Waals surface area contributed by atoms with Gasteiger partial charge in [0.2, 0.25) is 0 Å². The number of hydrogen-bond donors (Lipinski definition) is 1. The number of nitrogens with two attached hydrogens (primary N) is 1. The number of ether oxygens (including phenoxy) is 1. The van der Waals surface area contributed by atoms with E-state index >= 15 is 0 Å². The lowest BCUT2D eigenvalue weighted by Crippen LogP contribution is -2.40. The Morgan fingerprint density at radius 2 is 2.09 bits per heavy atom. The molecule has 0 saturated carbocycles. The van der Waals surface area contributed by atoms with E-state index < -0.39 is 5.60 Å². The molecule has 0 bridgehead atoms. The Hall–Kier alpha value is -2.84. The Labute approximate surface area is 134 Å². The standard InChI is InChI=1S/C18H17N3O2/c1-18(2)14(11-20)17(21-8-4-3-5-16(21)22)13-9-12(10-19)6-7-15(13)23-18/h3-9H,11,20H2,1-2H3. The first kappa shape index (κ1) is 15.1. The summed E-state index contributed by atoms with van der Waals surface area (Å²) in [5.74, 6) is 0.636. The normalized spacial score (nSPS) is 15.6. The topological polar surface area (TPSA) is 81.0 Å². The van der Waals surface area contributed by atoms with Gasteiger partial charge in [0.15, 0.2) is 0 Å². The number of pyridine rings is 1. The monoisotopic (exact) mass is 307 g/mol. The van der Waals surface area contributed by atoms with Crippen molar-refractivity contribution in [3.8, 4) is 11.8 Å². The van der Waals surface area contributed by atoms with Crippen molar-refractivity contribution >= 4 is 5.70 Å². The van der Waals surface area contributed by atoms with Gasteiger partial charge in [-0.3, -0.25) is 9.36 Å². The summed E-state index contributed by atoms with van der Waals surface area (Å²) < 4.78 is 7.61. The molecule has 0 unspecified atom stereocenters. The molecule has 0 radical (unpaired) electrons. The first-order valence-electron chi connectivity index (χ1n) is 7.33. The Morgan fingerprint density at radius 1 is 1.30 bits per heavy atom. The summed E-state index contributed by atoms with van der Waals surface area (Å²) in [5, 5.41) is 9.18. The molecule has 0 atom stereocenters. The lowest BCUT2D eigenvalue weighted by Gasteiger charge is -2.37. The van der Waals surface area contributed by atoms with Crippen LogP contribution in [-0.4, -0.2) is 16.7 Å². The zero-order chi connectivity index (χ0) is 16.6. The van der Waals surface area contributed by atoms with Crippen molar-refractivity contribution in [3.05, 3.63) is 69.6 Å². The van der Waals surface area contributed by atoms with Crippen LogP contribution in [0.5, 0.6) is 5.75 Å². The molecular formula is C18H17N3O2. The third-order valence-electron chi connectivity index (χ3n) is 4.01. The molecule has 1 aliphatic rings. The third-order valence-corrected chi connectivity index (χ3v) is 4.01. The summed E-state index contributed by atoms with van der Waals surface area (Å²) in [7, 11) is 0. The highest BCUT2D eigenvalue weighted by Gasteiger charge is 2.35. The fourth-order valence-corrected chi connectivity index (χ4v) is 2.89. The van der Waals surface area contributed by atoms with Gasteiger partial charge in [0.25, 0.3) is 5.56 Å². The summed E-state index contributed by atoms with van der Waals surface area (Å²) in [6.07, 6.45) is 1.71. The van der Waals surface area contributed by atoms with Crippen LogP contribution in [0.2, 0.25) is 0 Å². The van der Waals surface area contributed by atoms with Gasteiger partial charge in [0, 0.05) is 29.9 Å². The van der Waals surface area contributed by atoms with E-state index in [0.717, 1.165) is 5.57 Å². The Balaban J connectivity index is 2.40. The summed E-state index contributed by atoms with van der Waals surface area (Å²) in [6, 6.07) is 12.3. The number of benzene rings is 1. The van der Waals surface area contributed by atoms with E-state index in [-0.39, 0.29) is 12.1 Å². The van der Waals surface area contributed by atoms with Gasteiger partial charge in [-0.05, 0) is 38.1 Å². The average Bonchev–Trinajstić information content (AvgIpc) is 2.53. The van der Waals surface area contributed by atoms with Gasteiger partial charge < -0.3 is 10.5 Å². The Kier molecular flexibility index (Phi) is 3.55. The third kappa shape index (κ3) is 2.43. The van der Waals surface area contributed by atoms with Gasteiger partial charge in [-0.15, -0.1) is 0 Å². The molecule has 0 amide bonds. The van der Waals surface area contributed by atoms with Crippen LogP contribution in [0.4, 0.5) is 0 Å². The zero-order valence-electron chi connectivity index (χ0n) is 13.0. The van der Waals surface area contributed by atoms with E-state index in [1.807, 2.05) is 13.8 Å². The fourth-order valence-electron chi connectivity index (χ4n) is 2.89. The zero-order valence-corrected chi connectivity index (χ0v) is 13.0. The first-order valence-corrected chi connectivity index (χ1v) is 7.33. The van der Waals surface area contributed by atoms with Gasteiger partial charge in [-0.1, -0.05) is 6.07 Å². The summed E-state index contributed by atoms with van der Waals surface area (Å²) in [5.41, 5.74) is 7.89. The molecule has 2 N–H and O–H groups in total. The molecule has 2 aromatic rings. The van der Waals surface area contributed by atoms with Crippen molar-refractivity contribution < 1.29 is 4.74 Å². The second kappa shape index (κ2) is 5.41. The second-order valence-corrected chi connectivity index (χ2v) is 5.88. The molecule has 1 aromatic heterocycles. The van der Waals surface area contributed by atoms with E-state index in [9.17, 15) is 10.1 Å². The Bertz CT molecular complexity index is 901. The van der Waals surface area contributed by atoms with Crippen LogP contribution in [0, 0.1) is 11.3 Å². The van der Waals surface area contributed by atoms with E-state index in [1.165, 1.54) is 6.07 Å². The van der Waals surface area contributed by atoms with Crippen LogP contribution in [0.1, 0.15) is 25.0 Å². The van der Waals surface area contributed by atoms with Crippen LogP contribution < -0.4 is 16.0 Å². The highest BCUT2D eigenvalue weighted by molar-refractivity contribution is 5.77. The van der Waals surface area contributed by atoms with Crippen molar-refractivity contribution in [2.45, 2.75) is 19.4 Å². The molecule has 2 heterocycles. The lowest BCUT2D eigenvalue weighted by atomic mass is 9.88. The number of rotatable bonds is 2. The minimum absolute atomic E-state index is 0.153. The highest BCUT2D eigenvalue weighted by Crippen LogP contribution is 2.40. The van der Waals surface area contributed by atoms with Gasteiger partial charge >= 0.3 is 0 Å². The van der Waals surface area contributed by atoms with E-state index in [2.05, 4.69) is 6.07 Å². The maximum atomic E-state index is 12.3. The fraction of sp³-hybridized carbons (Fsp3) is 0.222. The predicted octanol–water partition coefficient (Wildman–Crippen LogP) is 2.11. The predicted molar refractivity (Wildman–Crippen MR) is 87.9 cm³/mol. The lowest BCUT2D eigenvalue weighted by molar-refractivity contribution is 0.142. The van der Waals surface area contributed by atoms with Crippen LogP contribution in [0.3, 0.4) is 0 Å². The Morgan fingerprint density at radius 3 is 2.74 bits per heavy atom. The molecule has 0 fully saturated rings. The van der Waals surface area contributed by atoms with Crippen LogP contribution in [0.25, 0.3) is 5.70 Å². The molecule has 0 spiro atoms. The van der Waals surface area contributed by atoms with Gasteiger partial charge in [-0.2, -0.15) is 5.26 Å². The molecule has 1 aliphatic heterocycles. The molecule has 5 heteroatoms. The molecule has 1 aromatic carbocycles. The smallest absolute Gasteiger partial charge is 0.255 e. The van der Waals surface area contributed by atoms with Crippen molar-refractivity contribution in [1.29, 1.82) is 5.26 Å². The minimum atomic E-state index is -0.638. The molecule has 0 saturated heterocycles. The van der Waals surface area contributed by atoms with Crippen molar-refractivity contribution in [1.82, 2.24) is 4.57 Å². The number of hydrogen-bond acceptors (Lipinski definition) is 4. The average molecular weight is 307 g/mol. The molecule has 0 aliphatic carbocycles. The number of nitriles is 1. The van der Waals surface area contributed by atoms with E-state index in [0.29, 0.717) is 22.6 Å². The van der Waals surface area contributed by atoms with E-state index in [4.69, 9.17) is 10.5 Å². The SMILES string of the molecule is CC1(C)Oc2ccc(C#N)cc2C(n2ccccc2=O)=C1CN. The highest BCUT2D eigenvalue weighted by atomic mass is 16.5. The van der Waals surface area contributed by atoms with Crippen molar-refractivity contribution in [2.75, 3.05) is 6.54 Å². The first-order chi connectivity index (χ1) is 11.0.